The maximum absolute atomic E-state index is 13.6. The third-order valence-electron chi connectivity index (χ3n) is 3.72. The van der Waals surface area contributed by atoms with Crippen LogP contribution in [0.3, 0.4) is 0 Å². The Bertz CT molecular complexity index is 358. The second kappa shape index (κ2) is 4.50. The number of hydrogen-bond donors (Lipinski definition) is 1. The van der Waals surface area contributed by atoms with Crippen LogP contribution in [0.5, 0.6) is 0 Å². The number of benzene rings is 1. The topological polar surface area (TPSA) is 26.0 Å². The summed E-state index contributed by atoms with van der Waals surface area (Å²) in [4.78, 5) is 0. The Kier molecular flexibility index (Phi) is 3.24. The van der Waals surface area contributed by atoms with Gasteiger partial charge in [-0.2, -0.15) is 0 Å². The minimum atomic E-state index is -0.522. The molecule has 2 N–H and O–H groups in total. The van der Waals surface area contributed by atoms with Crippen LogP contribution in [0.25, 0.3) is 0 Å². The molecule has 0 aromatic heterocycles. The molecular formula is C13H17F2N. The summed E-state index contributed by atoms with van der Waals surface area (Å²) in [6.07, 6.45) is 3.18. The lowest BCUT2D eigenvalue weighted by molar-refractivity contribution is 0.335. The molecule has 2 rings (SSSR count). The molecule has 3 heteroatoms. The standard InChI is InChI=1S/C13H17F2N/c1-8-4-2-5-9(8)13(16)12-10(14)6-3-7-11(12)15/h3,6-9,13H,2,4-5,16H2,1H3. The Morgan fingerprint density at radius 2 is 1.88 bits per heavy atom. The largest absolute Gasteiger partial charge is 0.324 e. The van der Waals surface area contributed by atoms with Crippen LogP contribution in [-0.2, 0) is 0 Å². The van der Waals surface area contributed by atoms with Gasteiger partial charge in [-0.1, -0.05) is 25.8 Å². The zero-order valence-corrected chi connectivity index (χ0v) is 9.42. The first-order chi connectivity index (χ1) is 7.61. The first-order valence-electron chi connectivity index (χ1n) is 5.80. The highest BCUT2D eigenvalue weighted by Gasteiger charge is 2.32. The fourth-order valence-corrected chi connectivity index (χ4v) is 2.75. The Morgan fingerprint density at radius 1 is 1.25 bits per heavy atom. The third kappa shape index (κ3) is 1.96. The molecule has 1 saturated carbocycles. The van der Waals surface area contributed by atoms with Gasteiger partial charge in [0, 0.05) is 11.6 Å². The molecule has 0 amide bonds. The molecule has 1 aromatic rings. The van der Waals surface area contributed by atoms with E-state index in [1.54, 1.807) is 0 Å². The quantitative estimate of drug-likeness (QED) is 0.820. The first-order valence-corrected chi connectivity index (χ1v) is 5.80. The molecule has 3 unspecified atom stereocenters. The maximum atomic E-state index is 13.6. The van der Waals surface area contributed by atoms with Gasteiger partial charge in [0.1, 0.15) is 11.6 Å². The number of rotatable bonds is 2. The van der Waals surface area contributed by atoms with Crippen molar-refractivity contribution in [2.24, 2.45) is 17.6 Å². The Hall–Kier alpha value is -0.960. The van der Waals surface area contributed by atoms with Crippen LogP contribution in [0, 0.1) is 23.5 Å². The molecule has 1 nitrogen and oxygen atoms in total. The second-order valence-corrected chi connectivity index (χ2v) is 4.73. The minimum Gasteiger partial charge on any atom is -0.324 e. The van der Waals surface area contributed by atoms with Gasteiger partial charge in [0.05, 0.1) is 0 Å². The van der Waals surface area contributed by atoms with Gasteiger partial charge in [-0.3, -0.25) is 0 Å². The first kappa shape index (κ1) is 11.5. The summed E-state index contributed by atoms with van der Waals surface area (Å²) in [5.74, 6) is -0.390. The monoisotopic (exact) mass is 225 g/mol. The molecule has 1 aliphatic rings. The minimum absolute atomic E-state index is 0.0567. The molecule has 16 heavy (non-hydrogen) atoms. The van der Waals surface area contributed by atoms with E-state index in [2.05, 4.69) is 6.92 Å². The highest BCUT2D eigenvalue weighted by atomic mass is 19.1. The van der Waals surface area contributed by atoms with Crippen LogP contribution in [0.4, 0.5) is 8.78 Å². The van der Waals surface area contributed by atoms with Crippen molar-refractivity contribution in [3.63, 3.8) is 0 Å². The summed E-state index contributed by atoms with van der Waals surface area (Å²) in [5, 5.41) is 0. The van der Waals surface area contributed by atoms with Crippen molar-refractivity contribution in [3.05, 3.63) is 35.4 Å². The lowest BCUT2D eigenvalue weighted by Crippen LogP contribution is -2.25. The molecule has 3 atom stereocenters. The number of hydrogen-bond acceptors (Lipinski definition) is 1. The zero-order chi connectivity index (χ0) is 11.7. The van der Waals surface area contributed by atoms with Gasteiger partial charge in [-0.05, 0) is 30.4 Å². The molecule has 0 bridgehead atoms. The van der Waals surface area contributed by atoms with Crippen molar-refractivity contribution < 1.29 is 8.78 Å². The van der Waals surface area contributed by atoms with Crippen molar-refractivity contribution >= 4 is 0 Å². The second-order valence-electron chi connectivity index (χ2n) is 4.73. The smallest absolute Gasteiger partial charge is 0.130 e. The molecule has 0 saturated heterocycles. The van der Waals surface area contributed by atoms with E-state index >= 15 is 0 Å². The average molecular weight is 225 g/mol. The average Bonchev–Trinajstić information content (AvgIpc) is 2.64. The highest BCUT2D eigenvalue weighted by molar-refractivity contribution is 5.24. The summed E-state index contributed by atoms with van der Waals surface area (Å²) in [5.41, 5.74) is 6.07. The van der Waals surface area contributed by atoms with Crippen molar-refractivity contribution in [2.45, 2.75) is 32.2 Å². The van der Waals surface area contributed by atoms with Crippen molar-refractivity contribution in [2.75, 3.05) is 0 Å². The molecule has 0 heterocycles. The summed E-state index contributed by atoms with van der Waals surface area (Å²) in [6, 6.07) is 3.41. The Morgan fingerprint density at radius 3 is 2.38 bits per heavy atom. The van der Waals surface area contributed by atoms with Gasteiger partial charge in [-0.25, -0.2) is 8.78 Å². The predicted octanol–water partition coefficient (Wildman–Crippen LogP) is 3.40. The summed E-state index contributed by atoms with van der Waals surface area (Å²) >= 11 is 0. The van der Waals surface area contributed by atoms with Crippen LogP contribution in [0.15, 0.2) is 18.2 Å². The maximum Gasteiger partial charge on any atom is 0.130 e. The van der Waals surface area contributed by atoms with Crippen molar-refractivity contribution in [3.8, 4) is 0 Å². The van der Waals surface area contributed by atoms with Crippen LogP contribution in [0.2, 0.25) is 0 Å². The molecular weight excluding hydrogens is 208 g/mol. The Balaban J connectivity index is 2.29. The molecule has 1 fully saturated rings. The fraction of sp³-hybridized carbons (Fsp3) is 0.538. The van der Waals surface area contributed by atoms with Gasteiger partial charge in [0.2, 0.25) is 0 Å². The van der Waals surface area contributed by atoms with Crippen molar-refractivity contribution in [1.82, 2.24) is 0 Å². The lowest BCUT2D eigenvalue weighted by Gasteiger charge is -2.24. The van der Waals surface area contributed by atoms with E-state index in [1.807, 2.05) is 0 Å². The fourth-order valence-electron chi connectivity index (χ4n) is 2.75. The normalized spacial score (nSPS) is 27.0. The highest BCUT2D eigenvalue weighted by Crippen LogP contribution is 2.39. The summed E-state index contributed by atoms with van der Waals surface area (Å²) in [6.45, 7) is 2.11. The van der Waals surface area contributed by atoms with Gasteiger partial charge in [0.15, 0.2) is 0 Å². The summed E-state index contributed by atoms with van der Waals surface area (Å²) < 4.78 is 27.1. The van der Waals surface area contributed by atoms with E-state index in [0.717, 1.165) is 19.3 Å². The lowest BCUT2D eigenvalue weighted by atomic mass is 9.86. The SMILES string of the molecule is CC1CCCC1C(N)c1c(F)cccc1F. The zero-order valence-electron chi connectivity index (χ0n) is 9.42. The summed E-state index contributed by atoms with van der Waals surface area (Å²) in [7, 11) is 0. The van der Waals surface area contributed by atoms with E-state index in [0.29, 0.717) is 5.92 Å². The molecule has 88 valence electrons. The van der Waals surface area contributed by atoms with E-state index in [1.165, 1.54) is 18.2 Å². The molecule has 1 aliphatic carbocycles. The number of halogens is 2. The van der Waals surface area contributed by atoms with Gasteiger partial charge >= 0.3 is 0 Å². The van der Waals surface area contributed by atoms with Crippen LogP contribution >= 0.6 is 0 Å². The van der Waals surface area contributed by atoms with E-state index in [4.69, 9.17) is 5.73 Å². The van der Waals surface area contributed by atoms with E-state index in [9.17, 15) is 8.78 Å². The number of nitrogens with two attached hydrogens (primary N) is 1. The van der Waals surface area contributed by atoms with Crippen LogP contribution < -0.4 is 5.73 Å². The van der Waals surface area contributed by atoms with Gasteiger partial charge in [-0.15, -0.1) is 0 Å². The van der Waals surface area contributed by atoms with Crippen LogP contribution in [-0.4, -0.2) is 0 Å². The molecule has 0 spiro atoms. The molecule has 1 aromatic carbocycles. The van der Waals surface area contributed by atoms with E-state index < -0.39 is 17.7 Å². The molecule has 0 radical (unpaired) electrons. The van der Waals surface area contributed by atoms with Gasteiger partial charge < -0.3 is 5.73 Å². The Labute approximate surface area is 94.7 Å². The molecule has 0 aliphatic heterocycles. The van der Waals surface area contributed by atoms with E-state index in [-0.39, 0.29) is 11.5 Å². The van der Waals surface area contributed by atoms with Gasteiger partial charge in [0.25, 0.3) is 0 Å². The third-order valence-corrected chi connectivity index (χ3v) is 3.72. The van der Waals surface area contributed by atoms with Crippen molar-refractivity contribution in [1.29, 1.82) is 0 Å². The predicted molar refractivity (Wildman–Crippen MR) is 59.8 cm³/mol. The van der Waals surface area contributed by atoms with Crippen LogP contribution in [0.1, 0.15) is 37.8 Å².